The fraction of sp³-hybridized carbons (Fsp3) is 0.364. The molecule has 0 aliphatic heterocycles. The lowest BCUT2D eigenvalue weighted by Gasteiger charge is -2.18. The number of aromatic nitrogens is 2. The summed E-state index contributed by atoms with van der Waals surface area (Å²) in [5.41, 5.74) is 3.04. The van der Waals surface area contributed by atoms with Gasteiger partial charge in [0, 0.05) is 43.1 Å². The molecule has 4 nitrogen and oxygen atoms in total. The van der Waals surface area contributed by atoms with Gasteiger partial charge in [0.15, 0.2) is 0 Å². The summed E-state index contributed by atoms with van der Waals surface area (Å²) in [6, 6.07) is 12.4. The Hall–Kier alpha value is -1.92. The summed E-state index contributed by atoms with van der Waals surface area (Å²) < 4.78 is 5.20. The Morgan fingerprint density at radius 2 is 2.04 bits per heavy atom. The molecule has 0 bridgehead atoms. The largest absolute Gasteiger partial charge is 0.466 e. The predicted molar refractivity (Wildman–Crippen MR) is 118 cm³/mol. The van der Waals surface area contributed by atoms with Crippen LogP contribution in [0, 0.1) is 0 Å². The quantitative estimate of drug-likeness (QED) is 0.388. The SMILES string of the molecule is CCOC(=O)Cc1[nH]c2ccc(SCc3ccccn3)cc2c1SC(C)(C)C. The van der Waals surface area contributed by atoms with Gasteiger partial charge in [0.05, 0.1) is 18.7 Å². The molecule has 3 rings (SSSR count). The molecule has 3 aromatic rings. The minimum Gasteiger partial charge on any atom is -0.466 e. The van der Waals surface area contributed by atoms with Gasteiger partial charge in [-0.2, -0.15) is 0 Å². The molecule has 2 heterocycles. The normalized spacial score (nSPS) is 11.7. The van der Waals surface area contributed by atoms with E-state index in [0.717, 1.165) is 32.9 Å². The Labute approximate surface area is 174 Å². The molecule has 1 aromatic carbocycles. The van der Waals surface area contributed by atoms with Crippen molar-refractivity contribution in [3.63, 3.8) is 0 Å². The first kappa shape index (κ1) is 20.8. The lowest BCUT2D eigenvalue weighted by Crippen LogP contribution is -2.11. The average molecular weight is 415 g/mol. The number of H-pyrrole nitrogens is 1. The highest BCUT2D eigenvalue weighted by Crippen LogP contribution is 2.41. The Bertz CT molecular complexity index is 946. The smallest absolute Gasteiger partial charge is 0.311 e. The summed E-state index contributed by atoms with van der Waals surface area (Å²) in [6.07, 6.45) is 2.09. The number of esters is 1. The van der Waals surface area contributed by atoms with E-state index in [-0.39, 0.29) is 17.1 Å². The van der Waals surface area contributed by atoms with Crippen LogP contribution in [-0.2, 0) is 21.7 Å². The third kappa shape index (κ3) is 5.55. The first-order valence-electron chi connectivity index (χ1n) is 9.37. The monoisotopic (exact) mass is 414 g/mol. The summed E-state index contributed by atoms with van der Waals surface area (Å²) in [6.45, 7) is 8.78. The van der Waals surface area contributed by atoms with E-state index in [9.17, 15) is 4.79 Å². The van der Waals surface area contributed by atoms with Crippen LogP contribution in [0.4, 0.5) is 0 Å². The second-order valence-corrected chi connectivity index (χ2v) is 10.3. The molecule has 0 amide bonds. The zero-order valence-electron chi connectivity index (χ0n) is 16.7. The van der Waals surface area contributed by atoms with Crippen LogP contribution in [0.15, 0.2) is 52.4 Å². The number of rotatable bonds is 7. The molecule has 0 fully saturated rings. The van der Waals surface area contributed by atoms with Crippen molar-refractivity contribution >= 4 is 40.4 Å². The second kappa shape index (κ2) is 9.05. The molecule has 2 aromatic heterocycles. The molecule has 0 aliphatic carbocycles. The molecule has 0 atom stereocenters. The van der Waals surface area contributed by atoms with Gasteiger partial charge in [-0.15, -0.1) is 23.5 Å². The fourth-order valence-corrected chi connectivity index (χ4v) is 4.82. The Morgan fingerprint density at radius 3 is 2.71 bits per heavy atom. The van der Waals surface area contributed by atoms with E-state index in [1.165, 1.54) is 4.90 Å². The zero-order valence-corrected chi connectivity index (χ0v) is 18.4. The van der Waals surface area contributed by atoms with Crippen LogP contribution in [0.3, 0.4) is 0 Å². The molecule has 0 radical (unpaired) electrons. The van der Waals surface area contributed by atoms with E-state index >= 15 is 0 Å². The number of nitrogens with zero attached hydrogens (tertiary/aromatic N) is 1. The number of pyridine rings is 1. The van der Waals surface area contributed by atoms with Gasteiger partial charge in [0.1, 0.15) is 0 Å². The number of carbonyl (C=O) groups is 1. The Kier molecular flexibility index (Phi) is 6.73. The van der Waals surface area contributed by atoms with Crippen LogP contribution in [-0.4, -0.2) is 27.3 Å². The van der Waals surface area contributed by atoms with Crippen LogP contribution in [0.2, 0.25) is 0 Å². The maximum absolute atomic E-state index is 12.1. The van der Waals surface area contributed by atoms with E-state index in [0.29, 0.717) is 6.61 Å². The highest BCUT2D eigenvalue weighted by molar-refractivity contribution is 8.01. The van der Waals surface area contributed by atoms with Gasteiger partial charge in [0.25, 0.3) is 0 Å². The third-order valence-corrected chi connectivity index (χ3v) is 6.25. The summed E-state index contributed by atoms with van der Waals surface area (Å²) in [4.78, 5) is 22.2. The highest BCUT2D eigenvalue weighted by atomic mass is 32.2. The van der Waals surface area contributed by atoms with Crippen molar-refractivity contribution in [2.75, 3.05) is 6.61 Å². The van der Waals surface area contributed by atoms with Crippen molar-refractivity contribution in [2.45, 2.75) is 54.4 Å². The van der Waals surface area contributed by atoms with Crippen LogP contribution >= 0.6 is 23.5 Å². The molecular weight excluding hydrogens is 388 g/mol. The van der Waals surface area contributed by atoms with E-state index in [2.05, 4.69) is 48.9 Å². The molecule has 0 aliphatic rings. The maximum Gasteiger partial charge on any atom is 0.311 e. The molecule has 6 heteroatoms. The van der Waals surface area contributed by atoms with E-state index < -0.39 is 0 Å². The topological polar surface area (TPSA) is 55.0 Å². The van der Waals surface area contributed by atoms with Crippen molar-refractivity contribution in [3.8, 4) is 0 Å². The van der Waals surface area contributed by atoms with Crippen LogP contribution in [0.1, 0.15) is 39.1 Å². The molecule has 148 valence electrons. The van der Waals surface area contributed by atoms with Gasteiger partial charge >= 0.3 is 5.97 Å². The van der Waals surface area contributed by atoms with Crippen molar-refractivity contribution in [2.24, 2.45) is 0 Å². The minimum absolute atomic E-state index is 0.0373. The number of thioether (sulfide) groups is 2. The number of aromatic amines is 1. The molecule has 0 saturated heterocycles. The van der Waals surface area contributed by atoms with Gasteiger partial charge in [0.2, 0.25) is 0 Å². The summed E-state index contributed by atoms with van der Waals surface area (Å²) >= 11 is 3.56. The summed E-state index contributed by atoms with van der Waals surface area (Å²) in [5.74, 6) is 0.628. The van der Waals surface area contributed by atoms with Crippen LogP contribution in [0.5, 0.6) is 0 Å². The lowest BCUT2D eigenvalue weighted by atomic mass is 10.2. The van der Waals surface area contributed by atoms with Crippen LogP contribution in [0.25, 0.3) is 10.9 Å². The summed E-state index contributed by atoms with van der Waals surface area (Å²) in [7, 11) is 0. The van der Waals surface area contributed by atoms with E-state index in [4.69, 9.17) is 4.74 Å². The summed E-state index contributed by atoms with van der Waals surface area (Å²) in [5, 5.41) is 1.16. The number of carbonyl (C=O) groups excluding carboxylic acids is 1. The van der Waals surface area contributed by atoms with Crippen molar-refractivity contribution < 1.29 is 9.53 Å². The van der Waals surface area contributed by atoms with Crippen molar-refractivity contribution in [1.82, 2.24) is 9.97 Å². The Morgan fingerprint density at radius 1 is 1.21 bits per heavy atom. The number of nitrogens with one attached hydrogen (secondary N) is 1. The lowest BCUT2D eigenvalue weighted by molar-refractivity contribution is -0.142. The van der Waals surface area contributed by atoms with E-state index in [1.54, 1.807) is 23.5 Å². The van der Waals surface area contributed by atoms with E-state index in [1.807, 2.05) is 31.3 Å². The average Bonchev–Trinajstić information content (AvgIpc) is 2.96. The molecule has 28 heavy (non-hydrogen) atoms. The maximum atomic E-state index is 12.1. The number of benzene rings is 1. The van der Waals surface area contributed by atoms with Crippen molar-refractivity contribution in [1.29, 1.82) is 0 Å². The molecule has 1 N–H and O–H groups in total. The Balaban J connectivity index is 1.91. The molecular formula is C22H26N2O2S2. The standard InChI is InChI=1S/C22H26N2O2S2/c1-5-26-20(25)13-19-21(28-22(2,3)4)17-12-16(9-10-18(17)24-19)27-14-15-8-6-7-11-23-15/h6-12,24H,5,13-14H2,1-4H3. The fourth-order valence-electron chi connectivity index (χ4n) is 2.84. The predicted octanol–water partition coefficient (Wildman–Crippen LogP) is 5.85. The first-order chi connectivity index (χ1) is 13.4. The minimum atomic E-state index is -0.199. The molecule has 0 unspecified atom stereocenters. The first-order valence-corrected chi connectivity index (χ1v) is 11.2. The van der Waals surface area contributed by atoms with Crippen molar-refractivity contribution in [3.05, 3.63) is 54.0 Å². The van der Waals surface area contributed by atoms with Gasteiger partial charge in [-0.1, -0.05) is 26.8 Å². The van der Waals surface area contributed by atoms with Crippen LogP contribution < -0.4 is 0 Å². The zero-order chi connectivity index (χ0) is 20.1. The number of hydrogen-bond acceptors (Lipinski definition) is 5. The second-order valence-electron chi connectivity index (χ2n) is 7.45. The highest BCUT2D eigenvalue weighted by Gasteiger charge is 2.21. The van der Waals surface area contributed by atoms with Gasteiger partial charge in [-0.25, -0.2) is 0 Å². The third-order valence-electron chi connectivity index (χ3n) is 3.94. The molecule has 0 spiro atoms. The van der Waals surface area contributed by atoms with Gasteiger partial charge in [-0.3, -0.25) is 9.78 Å². The number of ether oxygens (including phenoxy) is 1. The van der Waals surface area contributed by atoms with Gasteiger partial charge in [-0.05, 0) is 37.3 Å². The molecule has 0 saturated carbocycles. The van der Waals surface area contributed by atoms with Gasteiger partial charge < -0.3 is 9.72 Å². The number of hydrogen-bond donors (Lipinski definition) is 1. The number of fused-ring (bicyclic) bond motifs is 1.